The van der Waals surface area contributed by atoms with Crippen molar-refractivity contribution in [3.63, 3.8) is 0 Å². The average molecular weight is 454 g/mol. The van der Waals surface area contributed by atoms with E-state index in [4.69, 9.17) is 14.5 Å². The molecule has 1 N–H and O–H groups in total. The van der Waals surface area contributed by atoms with Crippen LogP contribution in [0.15, 0.2) is 83.7 Å². The summed E-state index contributed by atoms with van der Waals surface area (Å²) < 4.78 is 13.7. The van der Waals surface area contributed by atoms with Crippen LogP contribution in [0.4, 0.5) is 5.69 Å². The van der Waals surface area contributed by atoms with E-state index >= 15 is 0 Å². The highest BCUT2D eigenvalue weighted by molar-refractivity contribution is 5.93. The molecule has 0 radical (unpaired) electrons. The van der Waals surface area contributed by atoms with Crippen molar-refractivity contribution < 1.29 is 14.3 Å². The molecule has 8 nitrogen and oxygen atoms in total. The molecular weight excluding hydrogens is 432 g/mol. The molecule has 0 saturated heterocycles. The van der Waals surface area contributed by atoms with Crippen LogP contribution in [0.5, 0.6) is 11.5 Å². The first-order valence-corrected chi connectivity index (χ1v) is 10.7. The maximum atomic E-state index is 13.1. The summed E-state index contributed by atoms with van der Waals surface area (Å²) in [6.07, 6.45) is 0. The third kappa shape index (κ3) is 3.86. The lowest BCUT2D eigenvalue weighted by Crippen LogP contribution is -2.20. The Hall–Kier alpha value is -4.59. The number of fused-ring (bicyclic) bond motifs is 3. The molecule has 3 aromatic carbocycles. The molecule has 0 bridgehead atoms. The van der Waals surface area contributed by atoms with Crippen molar-refractivity contribution in [2.75, 3.05) is 19.5 Å². The van der Waals surface area contributed by atoms with Gasteiger partial charge < -0.3 is 19.4 Å². The molecule has 0 unspecified atom stereocenters. The van der Waals surface area contributed by atoms with E-state index in [0.29, 0.717) is 34.2 Å². The van der Waals surface area contributed by atoms with E-state index in [1.165, 1.54) is 10.5 Å². The summed E-state index contributed by atoms with van der Waals surface area (Å²) >= 11 is 0. The van der Waals surface area contributed by atoms with E-state index in [2.05, 4.69) is 5.32 Å². The number of aromatic nitrogens is 3. The number of methoxy groups -OCH3 is 2. The number of imidazole rings is 1. The van der Waals surface area contributed by atoms with Gasteiger partial charge in [-0.2, -0.15) is 0 Å². The number of para-hydroxylation sites is 2. The Morgan fingerprint density at radius 1 is 0.882 bits per heavy atom. The van der Waals surface area contributed by atoms with Gasteiger partial charge in [-0.05, 0) is 48.5 Å². The maximum absolute atomic E-state index is 13.1. The van der Waals surface area contributed by atoms with Gasteiger partial charge in [0.2, 0.25) is 11.7 Å². The normalized spacial score (nSPS) is 11.0. The highest BCUT2D eigenvalue weighted by atomic mass is 16.5. The molecule has 5 rings (SSSR count). The smallest absolute Gasteiger partial charge is 0.260 e. The van der Waals surface area contributed by atoms with E-state index < -0.39 is 0 Å². The summed E-state index contributed by atoms with van der Waals surface area (Å²) in [7, 11) is 3.17. The summed E-state index contributed by atoms with van der Waals surface area (Å²) in [6, 6.07) is 23.4. The lowest BCUT2D eigenvalue weighted by molar-refractivity contribution is -0.116. The van der Waals surface area contributed by atoms with Crippen LogP contribution in [0.25, 0.3) is 28.1 Å². The first-order chi connectivity index (χ1) is 16.6. The predicted molar refractivity (Wildman–Crippen MR) is 131 cm³/mol. The minimum Gasteiger partial charge on any atom is -0.497 e. The molecular formula is C26H22N4O4. The second-order valence-corrected chi connectivity index (χ2v) is 7.70. The van der Waals surface area contributed by atoms with Gasteiger partial charge in [-0.15, -0.1) is 0 Å². The zero-order chi connectivity index (χ0) is 23.7. The van der Waals surface area contributed by atoms with E-state index in [1.54, 1.807) is 43.1 Å². The number of nitrogens with one attached hydrogen (secondary N) is 1. The number of benzene rings is 3. The standard InChI is InChI=1S/C26H22N4O4/c1-33-19-12-10-17(11-13-19)21-15-25(32)30-23-9-4-3-8-22(23)29(26(30)28-21)16-24(31)27-18-6-5-7-20(14-18)34-2/h3-15H,16H2,1-2H3,(H,27,31). The predicted octanol–water partition coefficient (Wildman–Crippen LogP) is 3.97. The zero-order valence-electron chi connectivity index (χ0n) is 18.7. The molecule has 0 spiro atoms. The second kappa shape index (κ2) is 8.74. The van der Waals surface area contributed by atoms with Crippen LogP contribution in [-0.2, 0) is 11.3 Å². The number of anilines is 1. The highest BCUT2D eigenvalue weighted by Gasteiger charge is 2.17. The van der Waals surface area contributed by atoms with Crippen LogP contribution in [0, 0.1) is 0 Å². The zero-order valence-corrected chi connectivity index (χ0v) is 18.7. The Balaban J connectivity index is 1.59. The van der Waals surface area contributed by atoms with E-state index in [1.807, 2.05) is 48.5 Å². The van der Waals surface area contributed by atoms with Gasteiger partial charge in [0.25, 0.3) is 5.56 Å². The Morgan fingerprint density at radius 3 is 2.35 bits per heavy atom. The van der Waals surface area contributed by atoms with Crippen molar-refractivity contribution in [1.82, 2.24) is 14.0 Å². The van der Waals surface area contributed by atoms with Gasteiger partial charge in [0.1, 0.15) is 18.0 Å². The number of hydrogen-bond acceptors (Lipinski definition) is 5. The SMILES string of the molecule is COc1ccc(-c2cc(=O)n3c4ccccc4n(CC(=O)Nc4cccc(OC)c4)c3n2)cc1. The molecule has 0 aliphatic heterocycles. The van der Waals surface area contributed by atoms with Gasteiger partial charge in [0.15, 0.2) is 0 Å². The Morgan fingerprint density at radius 2 is 1.62 bits per heavy atom. The highest BCUT2D eigenvalue weighted by Crippen LogP contribution is 2.24. The molecule has 0 aliphatic rings. The molecule has 0 saturated carbocycles. The first kappa shape index (κ1) is 21.3. The van der Waals surface area contributed by atoms with Crippen LogP contribution < -0.4 is 20.3 Å². The van der Waals surface area contributed by atoms with E-state index in [9.17, 15) is 9.59 Å². The van der Waals surface area contributed by atoms with Crippen molar-refractivity contribution in [2.45, 2.75) is 6.54 Å². The number of rotatable bonds is 6. The minimum absolute atomic E-state index is 0.0211. The molecule has 2 aromatic heterocycles. The van der Waals surface area contributed by atoms with Crippen LogP contribution in [0.1, 0.15) is 0 Å². The fourth-order valence-electron chi connectivity index (χ4n) is 3.98. The molecule has 0 atom stereocenters. The summed E-state index contributed by atoms with van der Waals surface area (Å²) in [5.41, 5.74) is 3.11. The monoisotopic (exact) mass is 454 g/mol. The quantitative estimate of drug-likeness (QED) is 0.420. The fourth-order valence-corrected chi connectivity index (χ4v) is 3.98. The number of nitrogens with zero attached hydrogens (tertiary/aromatic N) is 3. The van der Waals surface area contributed by atoms with Crippen LogP contribution in [0.3, 0.4) is 0 Å². The van der Waals surface area contributed by atoms with E-state index in [0.717, 1.165) is 11.1 Å². The number of carbonyl (C=O) groups is 1. The van der Waals surface area contributed by atoms with Gasteiger partial charge in [-0.3, -0.25) is 9.59 Å². The van der Waals surface area contributed by atoms with Gasteiger partial charge in [-0.1, -0.05) is 18.2 Å². The third-order valence-corrected chi connectivity index (χ3v) is 5.60. The van der Waals surface area contributed by atoms with Crippen molar-refractivity contribution >= 4 is 28.4 Å². The first-order valence-electron chi connectivity index (χ1n) is 10.7. The summed E-state index contributed by atoms with van der Waals surface area (Å²) in [5, 5.41) is 2.89. The van der Waals surface area contributed by atoms with Gasteiger partial charge >= 0.3 is 0 Å². The van der Waals surface area contributed by atoms with Crippen LogP contribution in [0.2, 0.25) is 0 Å². The number of amides is 1. The van der Waals surface area contributed by atoms with Crippen molar-refractivity contribution in [3.8, 4) is 22.8 Å². The Kier molecular flexibility index (Phi) is 5.47. The summed E-state index contributed by atoms with van der Waals surface area (Å²) in [5.74, 6) is 1.50. The van der Waals surface area contributed by atoms with Gasteiger partial charge in [0, 0.05) is 23.4 Å². The molecule has 8 heteroatoms. The molecule has 0 fully saturated rings. The van der Waals surface area contributed by atoms with Gasteiger partial charge in [0.05, 0.1) is 30.9 Å². The lowest BCUT2D eigenvalue weighted by atomic mass is 10.1. The summed E-state index contributed by atoms with van der Waals surface area (Å²) in [6.45, 7) is -0.0211. The molecule has 5 aromatic rings. The number of ether oxygens (including phenoxy) is 2. The second-order valence-electron chi connectivity index (χ2n) is 7.70. The molecule has 1 amide bonds. The average Bonchev–Trinajstić information content (AvgIpc) is 3.18. The van der Waals surface area contributed by atoms with E-state index in [-0.39, 0.29) is 18.0 Å². The Labute approximate surface area is 195 Å². The lowest BCUT2D eigenvalue weighted by Gasteiger charge is -2.09. The maximum Gasteiger partial charge on any atom is 0.260 e. The number of hydrogen-bond donors (Lipinski definition) is 1. The molecule has 34 heavy (non-hydrogen) atoms. The largest absolute Gasteiger partial charge is 0.497 e. The van der Waals surface area contributed by atoms with Crippen molar-refractivity contribution in [2.24, 2.45) is 0 Å². The van der Waals surface area contributed by atoms with Crippen LogP contribution >= 0.6 is 0 Å². The molecule has 0 aliphatic carbocycles. The number of carbonyl (C=O) groups excluding carboxylic acids is 1. The minimum atomic E-state index is -0.249. The summed E-state index contributed by atoms with van der Waals surface area (Å²) in [4.78, 5) is 30.9. The fraction of sp³-hybridized carbons (Fsp3) is 0.115. The van der Waals surface area contributed by atoms with Crippen LogP contribution in [-0.4, -0.2) is 34.1 Å². The third-order valence-electron chi connectivity index (χ3n) is 5.60. The molecule has 170 valence electrons. The molecule has 2 heterocycles. The Bertz CT molecular complexity index is 1570. The van der Waals surface area contributed by atoms with Crippen molar-refractivity contribution in [1.29, 1.82) is 0 Å². The van der Waals surface area contributed by atoms with Crippen molar-refractivity contribution in [3.05, 3.63) is 89.2 Å². The van der Waals surface area contributed by atoms with Gasteiger partial charge in [-0.25, -0.2) is 9.38 Å². The topological polar surface area (TPSA) is 86.9 Å².